The van der Waals surface area contributed by atoms with Crippen LogP contribution in [0.4, 0.5) is 10.6 Å². The molecule has 0 radical (unpaired) electrons. The molecule has 0 spiro atoms. The maximum atomic E-state index is 12.1. The fourth-order valence-corrected chi connectivity index (χ4v) is 2.72. The Labute approximate surface area is 141 Å². The summed E-state index contributed by atoms with van der Waals surface area (Å²) in [6, 6.07) is 8.98. The molecule has 0 aliphatic carbocycles. The molecule has 3 heterocycles. The Morgan fingerprint density at radius 1 is 1.29 bits per heavy atom. The van der Waals surface area contributed by atoms with Crippen molar-refractivity contribution in [3.05, 3.63) is 48.0 Å². The van der Waals surface area contributed by atoms with Gasteiger partial charge in [0.05, 0.1) is 19.3 Å². The van der Waals surface area contributed by atoms with E-state index in [0.717, 1.165) is 24.6 Å². The molecule has 2 amide bonds. The minimum Gasteiger partial charge on any atom is -0.465 e. The van der Waals surface area contributed by atoms with Crippen molar-refractivity contribution in [2.75, 3.05) is 38.2 Å². The van der Waals surface area contributed by atoms with E-state index in [2.05, 4.69) is 20.5 Å². The topological polar surface area (TPSA) is 79.6 Å². The van der Waals surface area contributed by atoms with Crippen LogP contribution < -0.4 is 10.6 Å². The zero-order chi connectivity index (χ0) is 16.8. The number of rotatable bonds is 5. The SMILES string of the molecule is Cc1ccc([C@H](CNC(=O)Nc2ccccn2)N2CCOCC2)o1. The van der Waals surface area contributed by atoms with Gasteiger partial charge in [0, 0.05) is 25.8 Å². The fourth-order valence-electron chi connectivity index (χ4n) is 2.72. The second-order valence-electron chi connectivity index (χ2n) is 5.66. The van der Waals surface area contributed by atoms with Gasteiger partial charge in [0.2, 0.25) is 0 Å². The van der Waals surface area contributed by atoms with Gasteiger partial charge in [-0.05, 0) is 31.2 Å². The predicted molar refractivity (Wildman–Crippen MR) is 89.8 cm³/mol. The van der Waals surface area contributed by atoms with E-state index in [1.807, 2.05) is 25.1 Å². The summed E-state index contributed by atoms with van der Waals surface area (Å²) in [5.74, 6) is 2.24. The summed E-state index contributed by atoms with van der Waals surface area (Å²) < 4.78 is 11.2. The lowest BCUT2D eigenvalue weighted by Gasteiger charge is -2.33. The van der Waals surface area contributed by atoms with Crippen molar-refractivity contribution in [1.82, 2.24) is 15.2 Å². The second kappa shape index (κ2) is 7.94. The highest BCUT2D eigenvalue weighted by Crippen LogP contribution is 2.23. The molecular weight excluding hydrogens is 308 g/mol. The maximum absolute atomic E-state index is 12.1. The number of nitrogens with one attached hydrogen (secondary N) is 2. The zero-order valence-electron chi connectivity index (χ0n) is 13.7. The first-order chi connectivity index (χ1) is 11.7. The molecule has 0 bridgehead atoms. The third-order valence-corrected chi connectivity index (χ3v) is 3.94. The molecule has 3 rings (SSSR count). The van der Waals surface area contributed by atoms with E-state index in [-0.39, 0.29) is 12.1 Å². The molecule has 1 saturated heterocycles. The summed E-state index contributed by atoms with van der Waals surface area (Å²) >= 11 is 0. The summed E-state index contributed by atoms with van der Waals surface area (Å²) in [5, 5.41) is 5.63. The van der Waals surface area contributed by atoms with Crippen LogP contribution in [0.2, 0.25) is 0 Å². The molecule has 0 saturated carbocycles. The Kier molecular flexibility index (Phi) is 5.45. The molecule has 128 valence electrons. The van der Waals surface area contributed by atoms with Gasteiger partial charge in [0.15, 0.2) is 0 Å². The molecule has 7 nitrogen and oxygen atoms in total. The lowest BCUT2D eigenvalue weighted by molar-refractivity contribution is 0.0122. The molecule has 1 atom stereocenters. The number of nitrogens with zero attached hydrogens (tertiary/aromatic N) is 2. The number of ether oxygens (including phenoxy) is 1. The molecule has 2 N–H and O–H groups in total. The normalized spacial score (nSPS) is 16.5. The second-order valence-corrected chi connectivity index (χ2v) is 5.66. The van der Waals surface area contributed by atoms with Crippen molar-refractivity contribution in [2.24, 2.45) is 0 Å². The third kappa shape index (κ3) is 4.33. The minimum absolute atomic E-state index is 0.0166. The van der Waals surface area contributed by atoms with Crippen LogP contribution in [0.3, 0.4) is 0 Å². The number of pyridine rings is 1. The minimum atomic E-state index is -0.282. The molecule has 0 unspecified atom stereocenters. The van der Waals surface area contributed by atoms with E-state index in [1.165, 1.54) is 0 Å². The van der Waals surface area contributed by atoms with E-state index >= 15 is 0 Å². The highest BCUT2D eigenvalue weighted by molar-refractivity contribution is 5.88. The van der Waals surface area contributed by atoms with Crippen molar-refractivity contribution >= 4 is 11.8 Å². The molecule has 24 heavy (non-hydrogen) atoms. The number of urea groups is 1. The van der Waals surface area contributed by atoms with E-state index in [0.29, 0.717) is 25.6 Å². The van der Waals surface area contributed by atoms with Crippen LogP contribution in [0, 0.1) is 6.92 Å². The molecule has 7 heteroatoms. The van der Waals surface area contributed by atoms with Crippen molar-refractivity contribution in [3.63, 3.8) is 0 Å². The van der Waals surface area contributed by atoms with Gasteiger partial charge in [-0.15, -0.1) is 0 Å². The molecule has 1 fully saturated rings. The first-order valence-corrected chi connectivity index (χ1v) is 8.06. The number of morpholine rings is 1. The van der Waals surface area contributed by atoms with Crippen LogP contribution in [-0.4, -0.2) is 48.8 Å². The Morgan fingerprint density at radius 3 is 2.79 bits per heavy atom. The standard InChI is InChI=1S/C17H22N4O3/c1-13-5-6-15(24-13)14(21-8-10-23-11-9-21)12-19-17(22)20-16-4-2-3-7-18-16/h2-7,14H,8-12H2,1H3,(H2,18,19,20,22)/t14-/m0/s1. The van der Waals surface area contributed by atoms with Gasteiger partial charge in [-0.3, -0.25) is 10.2 Å². The van der Waals surface area contributed by atoms with E-state index < -0.39 is 0 Å². The van der Waals surface area contributed by atoms with Gasteiger partial charge in [-0.1, -0.05) is 6.07 Å². The van der Waals surface area contributed by atoms with Crippen LogP contribution in [0.1, 0.15) is 17.6 Å². The Hall–Kier alpha value is -2.38. The van der Waals surface area contributed by atoms with Gasteiger partial charge < -0.3 is 14.5 Å². The number of aryl methyl sites for hydroxylation is 1. The van der Waals surface area contributed by atoms with Gasteiger partial charge >= 0.3 is 6.03 Å². The fraction of sp³-hybridized carbons (Fsp3) is 0.412. The third-order valence-electron chi connectivity index (χ3n) is 3.94. The number of hydrogen-bond acceptors (Lipinski definition) is 5. The van der Waals surface area contributed by atoms with Crippen molar-refractivity contribution in [3.8, 4) is 0 Å². The van der Waals surface area contributed by atoms with Crippen LogP contribution in [0.25, 0.3) is 0 Å². The van der Waals surface area contributed by atoms with Crippen LogP contribution in [0.15, 0.2) is 40.9 Å². The number of carbonyl (C=O) groups is 1. The quantitative estimate of drug-likeness (QED) is 0.878. The summed E-state index contributed by atoms with van der Waals surface area (Å²) in [7, 11) is 0. The van der Waals surface area contributed by atoms with Gasteiger partial charge in [-0.2, -0.15) is 0 Å². The predicted octanol–water partition coefficient (Wildman–Crippen LogP) is 2.18. The molecular formula is C17H22N4O3. The number of amides is 2. The first-order valence-electron chi connectivity index (χ1n) is 8.06. The summed E-state index contributed by atoms with van der Waals surface area (Å²) in [5.41, 5.74) is 0. The number of furan rings is 1. The highest BCUT2D eigenvalue weighted by Gasteiger charge is 2.25. The van der Waals surface area contributed by atoms with E-state index in [4.69, 9.17) is 9.15 Å². The van der Waals surface area contributed by atoms with E-state index in [9.17, 15) is 4.79 Å². The molecule has 1 aliphatic rings. The Bertz CT molecular complexity index is 653. The van der Waals surface area contributed by atoms with Crippen LogP contribution in [0.5, 0.6) is 0 Å². The van der Waals surface area contributed by atoms with E-state index in [1.54, 1.807) is 18.3 Å². The number of hydrogen-bond donors (Lipinski definition) is 2. The lowest BCUT2D eigenvalue weighted by Crippen LogP contribution is -2.44. The van der Waals surface area contributed by atoms with Crippen LogP contribution in [-0.2, 0) is 4.74 Å². The molecule has 2 aromatic heterocycles. The Morgan fingerprint density at radius 2 is 2.12 bits per heavy atom. The largest absolute Gasteiger partial charge is 0.465 e. The van der Waals surface area contributed by atoms with Crippen molar-refractivity contribution in [2.45, 2.75) is 13.0 Å². The highest BCUT2D eigenvalue weighted by atomic mass is 16.5. The average Bonchev–Trinajstić information content (AvgIpc) is 3.03. The van der Waals surface area contributed by atoms with Crippen molar-refractivity contribution in [1.29, 1.82) is 0 Å². The summed E-state index contributed by atoms with van der Waals surface area (Å²) in [6.45, 7) is 5.38. The summed E-state index contributed by atoms with van der Waals surface area (Å²) in [6.07, 6.45) is 1.64. The Balaban J connectivity index is 1.62. The number of anilines is 1. The van der Waals surface area contributed by atoms with Gasteiger partial charge in [0.25, 0.3) is 0 Å². The number of aromatic nitrogens is 1. The molecule has 2 aromatic rings. The van der Waals surface area contributed by atoms with Crippen LogP contribution >= 0.6 is 0 Å². The molecule has 0 aromatic carbocycles. The zero-order valence-corrected chi connectivity index (χ0v) is 13.7. The summed E-state index contributed by atoms with van der Waals surface area (Å²) in [4.78, 5) is 18.4. The monoisotopic (exact) mass is 330 g/mol. The smallest absolute Gasteiger partial charge is 0.320 e. The first kappa shape index (κ1) is 16.5. The average molecular weight is 330 g/mol. The van der Waals surface area contributed by atoms with Crippen molar-refractivity contribution < 1.29 is 13.9 Å². The van der Waals surface area contributed by atoms with Gasteiger partial charge in [-0.25, -0.2) is 9.78 Å². The number of carbonyl (C=O) groups excluding carboxylic acids is 1. The van der Waals surface area contributed by atoms with Gasteiger partial charge in [0.1, 0.15) is 17.3 Å². The maximum Gasteiger partial charge on any atom is 0.320 e. The lowest BCUT2D eigenvalue weighted by atomic mass is 10.1. The molecule has 1 aliphatic heterocycles.